The smallest absolute Gasteiger partial charge is 0.244 e. The van der Waals surface area contributed by atoms with Crippen molar-refractivity contribution in [2.75, 3.05) is 23.3 Å². The zero-order chi connectivity index (χ0) is 20.1. The van der Waals surface area contributed by atoms with Crippen LogP contribution in [0.1, 0.15) is 25.6 Å². The van der Waals surface area contributed by atoms with Crippen LogP contribution in [0.3, 0.4) is 0 Å². The minimum atomic E-state index is -0.260. The number of benzene rings is 1. The van der Waals surface area contributed by atoms with Gasteiger partial charge in [0.25, 0.3) is 0 Å². The van der Waals surface area contributed by atoms with E-state index < -0.39 is 0 Å². The van der Waals surface area contributed by atoms with Crippen molar-refractivity contribution < 1.29 is 14.4 Å². The molecule has 0 spiro atoms. The van der Waals surface area contributed by atoms with Crippen LogP contribution >= 0.6 is 12.2 Å². The average Bonchev–Trinajstić information content (AvgIpc) is 3.04. The van der Waals surface area contributed by atoms with E-state index in [1.54, 1.807) is 24.3 Å². The number of carbonyl (C=O) groups is 3. The van der Waals surface area contributed by atoms with Gasteiger partial charge in [-0.15, -0.1) is 0 Å². The Morgan fingerprint density at radius 3 is 2.86 bits per heavy atom. The predicted molar refractivity (Wildman–Crippen MR) is 106 cm³/mol. The molecule has 0 unspecified atom stereocenters. The number of hydrogen-bond donors (Lipinski definition) is 3. The summed E-state index contributed by atoms with van der Waals surface area (Å²) in [5.74, 6) is 0.0465. The van der Waals surface area contributed by atoms with E-state index in [1.807, 2.05) is 11.5 Å². The Labute approximate surface area is 167 Å². The highest BCUT2D eigenvalue weighted by Gasteiger charge is 2.26. The summed E-state index contributed by atoms with van der Waals surface area (Å²) >= 11 is 5.13. The van der Waals surface area contributed by atoms with Crippen molar-refractivity contribution in [3.63, 3.8) is 0 Å². The first-order valence-corrected chi connectivity index (χ1v) is 9.50. The van der Waals surface area contributed by atoms with Gasteiger partial charge < -0.3 is 20.1 Å². The fourth-order valence-electron chi connectivity index (χ4n) is 3.08. The first-order chi connectivity index (χ1) is 13.5. The lowest BCUT2D eigenvalue weighted by Gasteiger charge is -2.29. The number of aromatic amines is 1. The third-order valence-electron chi connectivity index (χ3n) is 4.46. The van der Waals surface area contributed by atoms with E-state index in [1.165, 1.54) is 4.90 Å². The van der Waals surface area contributed by atoms with Gasteiger partial charge in [-0.25, -0.2) is 0 Å². The van der Waals surface area contributed by atoms with Gasteiger partial charge in [0.05, 0.1) is 11.4 Å². The van der Waals surface area contributed by atoms with Crippen molar-refractivity contribution in [2.45, 2.75) is 32.7 Å². The molecule has 9 nitrogen and oxygen atoms in total. The quantitative estimate of drug-likeness (QED) is 0.606. The fraction of sp³-hybridized carbons (Fsp3) is 0.389. The van der Waals surface area contributed by atoms with Crippen molar-refractivity contribution >= 4 is 41.3 Å². The summed E-state index contributed by atoms with van der Waals surface area (Å²) in [7, 11) is 0. The second-order valence-electron chi connectivity index (χ2n) is 6.33. The maximum atomic E-state index is 12.5. The molecule has 2 heterocycles. The number of rotatable bonds is 7. The number of para-hydroxylation sites is 2. The number of carbonyl (C=O) groups excluding carboxylic acids is 3. The van der Waals surface area contributed by atoms with E-state index >= 15 is 0 Å². The number of amides is 3. The summed E-state index contributed by atoms with van der Waals surface area (Å²) in [6.07, 6.45) is 0.626. The highest BCUT2D eigenvalue weighted by Crippen LogP contribution is 2.29. The third kappa shape index (κ3) is 4.45. The van der Waals surface area contributed by atoms with Crippen LogP contribution in [0.5, 0.6) is 0 Å². The van der Waals surface area contributed by atoms with E-state index in [-0.39, 0.29) is 37.1 Å². The van der Waals surface area contributed by atoms with Gasteiger partial charge in [-0.05, 0) is 31.3 Å². The zero-order valence-corrected chi connectivity index (χ0v) is 16.3. The van der Waals surface area contributed by atoms with E-state index in [0.29, 0.717) is 35.7 Å². The van der Waals surface area contributed by atoms with Crippen LogP contribution in [0.25, 0.3) is 0 Å². The van der Waals surface area contributed by atoms with Gasteiger partial charge >= 0.3 is 0 Å². The first-order valence-electron chi connectivity index (χ1n) is 9.09. The van der Waals surface area contributed by atoms with Crippen LogP contribution in [0, 0.1) is 4.77 Å². The molecule has 0 aliphatic carbocycles. The molecule has 0 radical (unpaired) electrons. The Kier molecular flexibility index (Phi) is 6.19. The van der Waals surface area contributed by atoms with Crippen LogP contribution in [0.4, 0.5) is 11.4 Å². The molecule has 2 aromatic rings. The minimum Gasteiger partial charge on any atom is -0.356 e. The molecule has 0 bridgehead atoms. The molecule has 10 heteroatoms. The number of anilines is 2. The van der Waals surface area contributed by atoms with E-state index in [0.717, 1.165) is 5.82 Å². The van der Waals surface area contributed by atoms with Gasteiger partial charge in [-0.1, -0.05) is 12.1 Å². The topological polar surface area (TPSA) is 112 Å². The number of H-pyrrole nitrogens is 1. The van der Waals surface area contributed by atoms with Crippen molar-refractivity contribution in [1.29, 1.82) is 0 Å². The molecule has 3 rings (SSSR count). The lowest BCUT2D eigenvalue weighted by Crippen LogP contribution is -2.42. The Hall–Kier alpha value is -3.01. The summed E-state index contributed by atoms with van der Waals surface area (Å²) in [6.45, 7) is 3.04. The number of fused-ring (bicyclic) bond motifs is 1. The van der Waals surface area contributed by atoms with Gasteiger partial charge in [0.1, 0.15) is 12.4 Å². The maximum absolute atomic E-state index is 12.5. The number of nitrogens with one attached hydrogen (secondary N) is 3. The van der Waals surface area contributed by atoms with Gasteiger partial charge in [-0.3, -0.25) is 19.5 Å². The predicted octanol–water partition coefficient (Wildman–Crippen LogP) is 1.38. The van der Waals surface area contributed by atoms with Gasteiger partial charge in [0.15, 0.2) is 4.77 Å². The van der Waals surface area contributed by atoms with Crippen molar-refractivity contribution in [2.24, 2.45) is 0 Å². The second-order valence-corrected chi connectivity index (χ2v) is 6.72. The Morgan fingerprint density at radius 2 is 2.07 bits per heavy atom. The van der Waals surface area contributed by atoms with Crippen molar-refractivity contribution in [1.82, 2.24) is 20.1 Å². The monoisotopic (exact) mass is 402 g/mol. The molecule has 0 saturated heterocycles. The minimum absolute atomic E-state index is 0.0289. The van der Waals surface area contributed by atoms with Crippen LogP contribution in [0.15, 0.2) is 24.3 Å². The normalized spacial score (nSPS) is 13.0. The molecule has 0 fully saturated rings. The molecule has 3 amide bonds. The number of hydrogen-bond acceptors (Lipinski definition) is 5. The number of nitrogens with zero attached hydrogens (tertiary/aromatic N) is 3. The second kappa shape index (κ2) is 8.79. The van der Waals surface area contributed by atoms with E-state index in [9.17, 15) is 14.4 Å². The van der Waals surface area contributed by atoms with Gasteiger partial charge in [-0.2, -0.15) is 5.10 Å². The Balaban J connectivity index is 1.49. The fourth-order valence-corrected chi connectivity index (χ4v) is 3.36. The molecule has 0 atom stereocenters. The molecule has 3 N–H and O–H groups in total. The van der Waals surface area contributed by atoms with Crippen molar-refractivity contribution in [3.05, 3.63) is 34.9 Å². The van der Waals surface area contributed by atoms with E-state index in [2.05, 4.69) is 20.8 Å². The molecule has 1 aromatic carbocycles. The summed E-state index contributed by atoms with van der Waals surface area (Å²) in [4.78, 5) is 37.8. The molecule has 28 heavy (non-hydrogen) atoms. The molecule has 0 saturated carbocycles. The molecule has 1 aliphatic heterocycles. The number of aromatic nitrogens is 3. The third-order valence-corrected chi connectivity index (χ3v) is 4.77. The average molecular weight is 402 g/mol. The van der Waals surface area contributed by atoms with Crippen LogP contribution in [-0.2, 0) is 27.3 Å². The van der Waals surface area contributed by atoms with Crippen LogP contribution in [-0.4, -0.2) is 45.6 Å². The summed E-state index contributed by atoms with van der Waals surface area (Å²) in [5.41, 5.74) is 1.25. The molecular weight excluding hydrogens is 380 g/mol. The summed E-state index contributed by atoms with van der Waals surface area (Å²) < 4.78 is 2.42. The van der Waals surface area contributed by atoms with Gasteiger partial charge in [0, 0.05) is 32.4 Å². The highest BCUT2D eigenvalue weighted by molar-refractivity contribution is 7.71. The highest BCUT2D eigenvalue weighted by atomic mass is 32.1. The Morgan fingerprint density at radius 1 is 1.29 bits per heavy atom. The molecule has 148 valence electrons. The first kappa shape index (κ1) is 19.7. The maximum Gasteiger partial charge on any atom is 0.244 e. The SMILES string of the molecule is CCn1c(CCNC(=O)CCC(=O)N2CC(=O)Nc3ccccc32)n[nH]c1=S. The van der Waals surface area contributed by atoms with E-state index in [4.69, 9.17) is 12.2 Å². The summed E-state index contributed by atoms with van der Waals surface area (Å²) in [6, 6.07) is 7.10. The molecule has 1 aliphatic rings. The molecule has 1 aromatic heterocycles. The molecular formula is C18H22N6O3S. The van der Waals surface area contributed by atoms with Crippen molar-refractivity contribution in [3.8, 4) is 0 Å². The largest absolute Gasteiger partial charge is 0.356 e. The van der Waals surface area contributed by atoms with Gasteiger partial charge in [0.2, 0.25) is 17.7 Å². The van der Waals surface area contributed by atoms with Crippen LogP contribution < -0.4 is 15.5 Å². The lowest BCUT2D eigenvalue weighted by atomic mass is 10.1. The standard InChI is InChI=1S/C18H22N6O3S/c1-2-23-14(21-22-18(23)28)9-10-19-15(25)7-8-17(27)24-11-16(26)20-12-5-3-4-6-13(12)24/h3-6H,2,7-11H2,1H3,(H,19,25)(H,20,26)(H,22,28). The van der Waals surface area contributed by atoms with Crippen LogP contribution in [0.2, 0.25) is 0 Å². The summed E-state index contributed by atoms with van der Waals surface area (Å²) in [5, 5.41) is 12.4. The lowest BCUT2D eigenvalue weighted by molar-refractivity contribution is -0.125. The zero-order valence-electron chi connectivity index (χ0n) is 15.5. The Bertz CT molecular complexity index is 951.